The minimum absolute atomic E-state index is 0.540. The summed E-state index contributed by atoms with van der Waals surface area (Å²) in [6.45, 7) is 4.06. The third-order valence-electron chi connectivity index (χ3n) is 3.92. The van der Waals surface area contributed by atoms with E-state index >= 15 is 0 Å². The summed E-state index contributed by atoms with van der Waals surface area (Å²) >= 11 is 6.19. The van der Waals surface area contributed by atoms with Crippen LogP contribution in [0.4, 0.5) is 23.1 Å². The molecule has 0 aliphatic heterocycles. The number of hydrogen-bond acceptors (Lipinski definition) is 5. The van der Waals surface area contributed by atoms with Crippen molar-refractivity contribution in [1.82, 2.24) is 9.97 Å². The first-order chi connectivity index (χ1) is 12.6. The molecule has 0 amide bonds. The topological polar surface area (TPSA) is 59.1 Å². The van der Waals surface area contributed by atoms with E-state index in [1.807, 2.05) is 43.3 Å². The number of aryl methyl sites for hydroxylation is 2. The second kappa shape index (κ2) is 8.06. The minimum Gasteiger partial charge on any atom is -0.495 e. The number of ether oxygens (including phenoxy) is 1. The molecule has 2 aromatic carbocycles. The van der Waals surface area contributed by atoms with Crippen molar-refractivity contribution >= 4 is 34.7 Å². The molecule has 0 atom stereocenters. The number of hydrogen-bond donors (Lipinski definition) is 2. The predicted molar refractivity (Wildman–Crippen MR) is 107 cm³/mol. The molecule has 1 aromatic heterocycles. The van der Waals surface area contributed by atoms with Crippen molar-refractivity contribution in [3.05, 3.63) is 64.8 Å². The normalized spacial score (nSPS) is 10.5. The van der Waals surface area contributed by atoms with Crippen LogP contribution in [0.2, 0.25) is 5.02 Å². The molecule has 0 unspecified atom stereocenters. The van der Waals surface area contributed by atoms with Gasteiger partial charge in [-0.15, -0.1) is 0 Å². The van der Waals surface area contributed by atoms with Crippen molar-refractivity contribution in [2.75, 3.05) is 17.7 Å². The second-order valence-electron chi connectivity index (χ2n) is 5.83. The SMILES string of the molecule is CCc1ccccc1Nc1nc(C)cc(Nc2ccc(OC)c(Cl)c2)n1. The Balaban J connectivity index is 1.84. The van der Waals surface area contributed by atoms with Crippen LogP contribution in [0.15, 0.2) is 48.5 Å². The van der Waals surface area contributed by atoms with Gasteiger partial charge in [0.1, 0.15) is 11.6 Å². The number of para-hydroxylation sites is 1. The molecule has 6 heteroatoms. The number of nitrogens with one attached hydrogen (secondary N) is 2. The fourth-order valence-electron chi connectivity index (χ4n) is 2.65. The summed E-state index contributed by atoms with van der Waals surface area (Å²) in [7, 11) is 1.59. The van der Waals surface area contributed by atoms with Crippen LogP contribution in [-0.4, -0.2) is 17.1 Å². The van der Waals surface area contributed by atoms with Gasteiger partial charge < -0.3 is 15.4 Å². The van der Waals surface area contributed by atoms with Crippen LogP contribution >= 0.6 is 11.6 Å². The molecular formula is C20H21ClN4O. The fraction of sp³-hybridized carbons (Fsp3) is 0.200. The largest absolute Gasteiger partial charge is 0.495 e. The first kappa shape index (κ1) is 18.0. The second-order valence-corrected chi connectivity index (χ2v) is 6.24. The lowest BCUT2D eigenvalue weighted by molar-refractivity contribution is 0.415. The number of anilines is 4. The Morgan fingerprint density at radius 1 is 1.04 bits per heavy atom. The van der Waals surface area contributed by atoms with E-state index in [0.717, 1.165) is 23.5 Å². The van der Waals surface area contributed by atoms with E-state index in [4.69, 9.17) is 16.3 Å². The van der Waals surface area contributed by atoms with Gasteiger partial charge in [0, 0.05) is 23.1 Å². The van der Waals surface area contributed by atoms with Gasteiger partial charge in [-0.1, -0.05) is 36.7 Å². The Morgan fingerprint density at radius 3 is 2.58 bits per heavy atom. The Hall–Kier alpha value is -2.79. The van der Waals surface area contributed by atoms with Gasteiger partial charge in [0.25, 0.3) is 0 Å². The van der Waals surface area contributed by atoms with E-state index in [2.05, 4.69) is 33.6 Å². The number of aromatic nitrogens is 2. The molecule has 3 rings (SSSR count). The quantitative estimate of drug-likeness (QED) is 0.601. The Labute approximate surface area is 158 Å². The highest BCUT2D eigenvalue weighted by molar-refractivity contribution is 6.32. The van der Waals surface area contributed by atoms with Gasteiger partial charge in [-0.25, -0.2) is 4.98 Å². The molecule has 1 heterocycles. The smallest absolute Gasteiger partial charge is 0.229 e. The van der Waals surface area contributed by atoms with Crippen LogP contribution < -0.4 is 15.4 Å². The first-order valence-electron chi connectivity index (χ1n) is 8.40. The molecule has 26 heavy (non-hydrogen) atoms. The maximum atomic E-state index is 6.19. The Kier molecular flexibility index (Phi) is 5.58. The zero-order valence-corrected chi connectivity index (χ0v) is 15.8. The van der Waals surface area contributed by atoms with Gasteiger partial charge in [0.15, 0.2) is 0 Å². The molecule has 5 nitrogen and oxygen atoms in total. The molecule has 0 aliphatic rings. The van der Waals surface area contributed by atoms with E-state index in [1.165, 1.54) is 5.56 Å². The van der Waals surface area contributed by atoms with Gasteiger partial charge in [0.2, 0.25) is 5.95 Å². The molecule has 0 bridgehead atoms. The van der Waals surface area contributed by atoms with Crippen LogP contribution in [0.3, 0.4) is 0 Å². The molecule has 0 fully saturated rings. The lowest BCUT2D eigenvalue weighted by Crippen LogP contribution is -2.03. The van der Waals surface area contributed by atoms with Gasteiger partial charge in [-0.2, -0.15) is 4.98 Å². The number of halogens is 1. The number of rotatable bonds is 6. The summed E-state index contributed by atoms with van der Waals surface area (Å²) in [4.78, 5) is 9.05. The van der Waals surface area contributed by atoms with Gasteiger partial charge in [0.05, 0.1) is 12.1 Å². The lowest BCUT2D eigenvalue weighted by atomic mass is 10.1. The van der Waals surface area contributed by atoms with Crippen molar-refractivity contribution < 1.29 is 4.74 Å². The standard InChI is InChI=1S/C20H21ClN4O/c1-4-14-7-5-6-8-17(14)24-20-22-13(2)11-19(25-20)23-15-9-10-18(26-3)16(21)12-15/h5-12H,4H2,1-3H3,(H2,22,23,24,25). The Bertz CT molecular complexity index is 914. The molecule has 3 aromatic rings. The summed E-state index contributed by atoms with van der Waals surface area (Å²) in [5, 5.41) is 7.11. The summed E-state index contributed by atoms with van der Waals surface area (Å²) in [6, 6.07) is 15.5. The minimum atomic E-state index is 0.540. The van der Waals surface area contributed by atoms with Crippen LogP contribution in [0.5, 0.6) is 5.75 Å². The average molecular weight is 369 g/mol. The van der Waals surface area contributed by atoms with Crippen LogP contribution in [0, 0.1) is 6.92 Å². The third-order valence-corrected chi connectivity index (χ3v) is 4.22. The molecule has 2 N–H and O–H groups in total. The number of nitrogens with zero attached hydrogens (tertiary/aromatic N) is 2. The van der Waals surface area contributed by atoms with E-state index in [9.17, 15) is 0 Å². The molecule has 0 spiro atoms. The summed E-state index contributed by atoms with van der Waals surface area (Å²) in [6.07, 6.45) is 0.935. The van der Waals surface area contributed by atoms with Gasteiger partial charge in [-0.05, 0) is 43.2 Å². The molecular weight excluding hydrogens is 348 g/mol. The Morgan fingerprint density at radius 2 is 1.85 bits per heavy atom. The molecule has 0 aliphatic carbocycles. The molecule has 134 valence electrons. The molecule has 0 radical (unpaired) electrons. The zero-order chi connectivity index (χ0) is 18.5. The van der Waals surface area contributed by atoms with Crippen molar-refractivity contribution in [3.63, 3.8) is 0 Å². The fourth-order valence-corrected chi connectivity index (χ4v) is 2.91. The molecule has 0 saturated heterocycles. The van der Waals surface area contributed by atoms with Crippen LogP contribution in [0.25, 0.3) is 0 Å². The predicted octanol–water partition coefficient (Wildman–Crippen LogP) is 5.50. The third kappa shape index (κ3) is 4.24. The van der Waals surface area contributed by atoms with Crippen LogP contribution in [-0.2, 0) is 6.42 Å². The maximum Gasteiger partial charge on any atom is 0.229 e. The maximum absolute atomic E-state index is 6.19. The van der Waals surface area contributed by atoms with Gasteiger partial charge in [-0.3, -0.25) is 0 Å². The zero-order valence-electron chi connectivity index (χ0n) is 15.0. The van der Waals surface area contributed by atoms with Crippen molar-refractivity contribution in [2.45, 2.75) is 20.3 Å². The van der Waals surface area contributed by atoms with Crippen molar-refractivity contribution in [3.8, 4) is 5.75 Å². The highest BCUT2D eigenvalue weighted by Gasteiger charge is 2.07. The monoisotopic (exact) mass is 368 g/mol. The number of benzene rings is 2. The van der Waals surface area contributed by atoms with E-state index in [-0.39, 0.29) is 0 Å². The summed E-state index contributed by atoms with van der Waals surface area (Å²) in [5.41, 5.74) is 3.92. The van der Waals surface area contributed by atoms with Crippen LogP contribution in [0.1, 0.15) is 18.2 Å². The van der Waals surface area contributed by atoms with Gasteiger partial charge >= 0.3 is 0 Å². The highest BCUT2D eigenvalue weighted by Crippen LogP contribution is 2.29. The van der Waals surface area contributed by atoms with E-state index < -0.39 is 0 Å². The average Bonchev–Trinajstić information content (AvgIpc) is 2.62. The highest BCUT2D eigenvalue weighted by atomic mass is 35.5. The van der Waals surface area contributed by atoms with Crippen molar-refractivity contribution in [1.29, 1.82) is 0 Å². The molecule has 0 saturated carbocycles. The lowest BCUT2D eigenvalue weighted by Gasteiger charge is -2.13. The van der Waals surface area contributed by atoms with E-state index in [1.54, 1.807) is 13.2 Å². The number of methoxy groups -OCH3 is 1. The summed E-state index contributed by atoms with van der Waals surface area (Å²) < 4.78 is 5.18. The summed E-state index contributed by atoms with van der Waals surface area (Å²) in [5.74, 6) is 1.87. The van der Waals surface area contributed by atoms with E-state index in [0.29, 0.717) is 22.5 Å². The first-order valence-corrected chi connectivity index (χ1v) is 8.78. The van der Waals surface area contributed by atoms with Crippen molar-refractivity contribution in [2.24, 2.45) is 0 Å².